The smallest absolute Gasteiger partial charge is 0.206 e. The summed E-state index contributed by atoms with van der Waals surface area (Å²) in [5.41, 5.74) is 0.837. The van der Waals surface area contributed by atoms with Gasteiger partial charge in [-0.1, -0.05) is 13.8 Å². The van der Waals surface area contributed by atoms with Crippen LogP contribution in [-0.4, -0.2) is 23.1 Å². The Morgan fingerprint density at radius 1 is 1.71 bits per heavy atom. The molecule has 0 saturated heterocycles. The maximum Gasteiger partial charge on any atom is 0.212 e. The molecule has 2 atom stereocenters. The summed E-state index contributed by atoms with van der Waals surface area (Å²) in [5.74, 6) is 0.369. The van der Waals surface area contributed by atoms with Gasteiger partial charge in [0, 0.05) is 18.8 Å². The molecule has 0 aromatic rings. The Morgan fingerprint density at radius 2 is 2.36 bits per heavy atom. The van der Waals surface area contributed by atoms with Crippen LogP contribution >= 0.6 is 12.6 Å². The van der Waals surface area contributed by atoms with Gasteiger partial charge in [0.15, 0.2) is 5.83 Å². The lowest BCUT2D eigenvalue weighted by molar-refractivity contribution is -0.449. The molecule has 0 aliphatic carbocycles. The molecule has 1 heterocycles. The van der Waals surface area contributed by atoms with Gasteiger partial charge < -0.3 is 0 Å². The molecule has 14 heavy (non-hydrogen) atoms. The summed E-state index contributed by atoms with van der Waals surface area (Å²) in [6, 6.07) is 0. The van der Waals surface area contributed by atoms with Gasteiger partial charge in [-0.15, -0.1) is 0 Å². The van der Waals surface area contributed by atoms with Crippen molar-refractivity contribution >= 4 is 18.8 Å². The molecule has 0 fully saturated rings. The lowest BCUT2D eigenvalue weighted by Gasteiger charge is -2.13. The van der Waals surface area contributed by atoms with Crippen molar-refractivity contribution in [3.05, 3.63) is 11.5 Å². The SMILES string of the molecule is CC(S)CCC1=C(F)CC(C)C=[N+]1C. The van der Waals surface area contributed by atoms with Crippen LogP contribution in [-0.2, 0) is 0 Å². The van der Waals surface area contributed by atoms with Gasteiger partial charge in [-0.25, -0.2) is 8.97 Å². The van der Waals surface area contributed by atoms with E-state index >= 15 is 0 Å². The summed E-state index contributed by atoms with van der Waals surface area (Å²) in [6.45, 7) is 4.07. The molecule has 0 amide bonds. The van der Waals surface area contributed by atoms with E-state index in [9.17, 15) is 4.39 Å². The van der Waals surface area contributed by atoms with Crippen molar-refractivity contribution in [3.63, 3.8) is 0 Å². The van der Waals surface area contributed by atoms with Gasteiger partial charge in [0.25, 0.3) is 0 Å². The molecule has 1 aliphatic heterocycles. The lowest BCUT2D eigenvalue weighted by Crippen LogP contribution is -2.19. The van der Waals surface area contributed by atoms with Crippen LogP contribution in [0.1, 0.15) is 33.1 Å². The molecule has 3 heteroatoms. The minimum atomic E-state index is 0.0523. The van der Waals surface area contributed by atoms with E-state index in [-0.39, 0.29) is 5.83 Å². The van der Waals surface area contributed by atoms with E-state index in [1.54, 1.807) is 0 Å². The second-order valence-corrected chi connectivity index (χ2v) is 5.06. The quantitative estimate of drug-likeness (QED) is 0.545. The number of allylic oxidation sites excluding steroid dienone is 2. The van der Waals surface area contributed by atoms with Crippen LogP contribution in [0.4, 0.5) is 4.39 Å². The van der Waals surface area contributed by atoms with Crippen LogP contribution in [0.2, 0.25) is 0 Å². The second kappa shape index (κ2) is 4.96. The number of hydrogen-bond acceptors (Lipinski definition) is 1. The third-order valence-corrected chi connectivity index (χ3v) is 2.78. The largest absolute Gasteiger partial charge is 0.212 e. The molecule has 0 saturated carbocycles. The highest BCUT2D eigenvalue weighted by Crippen LogP contribution is 2.24. The van der Waals surface area contributed by atoms with Gasteiger partial charge >= 0.3 is 0 Å². The minimum Gasteiger partial charge on any atom is -0.206 e. The van der Waals surface area contributed by atoms with Gasteiger partial charge in [-0.3, -0.25) is 0 Å². The zero-order valence-electron chi connectivity index (χ0n) is 9.13. The van der Waals surface area contributed by atoms with Crippen LogP contribution in [0.5, 0.6) is 0 Å². The Morgan fingerprint density at radius 3 is 2.86 bits per heavy atom. The molecule has 1 nitrogen and oxygen atoms in total. The Labute approximate surface area is 91.1 Å². The van der Waals surface area contributed by atoms with E-state index in [1.165, 1.54) is 0 Å². The summed E-state index contributed by atoms with van der Waals surface area (Å²) in [6.07, 6.45) is 4.36. The van der Waals surface area contributed by atoms with Gasteiger partial charge in [0.05, 0.1) is 0 Å². The summed E-state index contributed by atoms with van der Waals surface area (Å²) in [4.78, 5) is 0. The minimum absolute atomic E-state index is 0.0523. The number of rotatable bonds is 3. The maximum atomic E-state index is 13.6. The molecule has 0 aromatic carbocycles. The van der Waals surface area contributed by atoms with Crippen LogP contribution in [0.15, 0.2) is 11.5 Å². The fourth-order valence-electron chi connectivity index (χ4n) is 1.77. The first-order valence-corrected chi connectivity index (χ1v) is 5.65. The first-order chi connectivity index (χ1) is 6.50. The highest BCUT2D eigenvalue weighted by Gasteiger charge is 2.24. The van der Waals surface area contributed by atoms with Gasteiger partial charge in [0.1, 0.15) is 13.3 Å². The van der Waals surface area contributed by atoms with Crippen LogP contribution in [0, 0.1) is 5.92 Å². The Kier molecular flexibility index (Phi) is 4.17. The average molecular weight is 216 g/mol. The lowest BCUT2D eigenvalue weighted by atomic mass is 10.0. The number of hydrogen-bond donors (Lipinski definition) is 1. The first kappa shape index (κ1) is 11.8. The van der Waals surface area contributed by atoms with Crippen molar-refractivity contribution in [2.24, 2.45) is 5.92 Å². The van der Waals surface area contributed by atoms with E-state index in [0.29, 0.717) is 17.6 Å². The fraction of sp³-hybridized carbons (Fsp3) is 0.727. The van der Waals surface area contributed by atoms with E-state index in [4.69, 9.17) is 0 Å². The first-order valence-electron chi connectivity index (χ1n) is 5.14. The van der Waals surface area contributed by atoms with Gasteiger partial charge in [-0.05, 0) is 11.7 Å². The Balaban J connectivity index is 2.67. The van der Waals surface area contributed by atoms with E-state index in [2.05, 4.69) is 18.8 Å². The molecular weight excluding hydrogens is 197 g/mol. The van der Waals surface area contributed by atoms with Crippen molar-refractivity contribution in [1.29, 1.82) is 0 Å². The van der Waals surface area contributed by atoms with Crippen molar-refractivity contribution in [3.8, 4) is 0 Å². The number of thiol groups is 1. The van der Waals surface area contributed by atoms with Crippen molar-refractivity contribution in [2.75, 3.05) is 7.05 Å². The standard InChI is InChI=1S/C11H18FNS/c1-8-6-10(12)11(13(3)7-8)5-4-9(2)14/h7-9H,4-6H2,1-3H3/p+1. The van der Waals surface area contributed by atoms with Gasteiger partial charge in [0.2, 0.25) is 5.70 Å². The molecule has 0 bridgehead atoms. The summed E-state index contributed by atoms with van der Waals surface area (Å²) in [5, 5.41) is 0.336. The molecule has 1 aliphatic rings. The summed E-state index contributed by atoms with van der Waals surface area (Å²) in [7, 11) is 1.92. The number of halogens is 1. The zero-order chi connectivity index (χ0) is 10.7. The predicted octanol–water partition coefficient (Wildman–Crippen LogP) is 3.02. The van der Waals surface area contributed by atoms with E-state index < -0.39 is 0 Å². The monoisotopic (exact) mass is 216 g/mol. The Bertz CT molecular complexity index is 268. The molecule has 1 rings (SSSR count). The van der Waals surface area contributed by atoms with E-state index in [0.717, 1.165) is 18.5 Å². The Hall–Kier alpha value is -0.310. The second-order valence-electron chi connectivity index (χ2n) is 4.18. The molecule has 2 unspecified atom stereocenters. The van der Waals surface area contributed by atoms with Crippen molar-refractivity contribution in [2.45, 2.75) is 38.4 Å². The molecule has 80 valence electrons. The highest BCUT2D eigenvalue weighted by molar-refractivity contribution is 7.80. The molecule has 0 N–H and O–H groups in total. The van der Waals surface area contributed by atoms with Crippen molar-refractivity contribution in [1.82, 2.24) is 0 Å². The molecule has 0 spiro atoms. The zero-order valence-corrected chi connectivity index (χ0v) is 10.0. The average Bonchev–Trinajstić information content (AvgIpc) is 2.01. The fourth-order valence-corrected chi connectivity index (χ4v) is 1.90. The van der Waals surface area contributed by atoms with Crippen LogP contribution in [0.3, 0.4) is 0 Å². The van der Waals surface area contributed by atoms with E-state index in [1.807, 2.05) is 25.5 Å². The van der Waals surface area contributed by atoms with Gasteiger partial charge in [-0.2, -0.15) is 12.6 Å². The number of nitrogens with zero attached hydrogens (tertiary/aromatic N) is 1. The van der Waals surface area contributed by atoms with Crippen LogP contribution in [0.25, 0.3) is 0 Å². The summed E-state index contributed by atoms with van der Waals surface area (Å²) < 4.78 is 15.5. The molecule has 0 aromatic heterocycles. The normalized spacial score (nSPS) is 24.9. The highest BCUT2D eigenvalue weighted by atomic mass is 32.1. The van der Waals surface area contributed by atoms with Crippen molar-refractivity contribution < 1.29 is 8.97 Å². The third kappa shape index (κ3) is 3.12. The summed E-state index contributed by atoms with van der Waals surface area (Å²) >= 11 is 4.30. The maximum absolute atomic E-state index is 13.6. The molecule has 0 radical (unpaired) electrons. The van der Waals surface area contributed by atoms with Crippen LogP contribution < -0.4 is 0 Å². The topological polar surface area (TPSA) is 3.01 Å². The third-order valence-electron chi connectivity index (χ3n) is 2.52. The predicted molar refractivity (Wildman–Crippen MR) is 61.8 cm³/mol. The molecular formula is C11H19FNS+.